The number of morpholine rings is 1. The Bertz CT molecular complexity index is 529. The quantitative estimate of drug-likeness (QED) is 0.331. The number of carbonyl (C=O) groups is 1. The zero-order valence-electron chi connectivity index (χ0n) is 10.7. The van der Waals surface area contributed by atoms with E-state index in [0.717, 1.165) is 0 Å². The predicted molar refractivity (Wildman–Crippen MR) is 75.4 cm³/mol. The molecular formula is C12H15ClN4O3. The van der Waals surface area contributed by atoms with Crippen molar-refractivity contribution in [3.63, 3.8) is 0 Å². The number of ether oxygens (including phenoxy) is 1. The zero-order chi connectivity index (χ0) is 14.5. The van der Waals surface area contributed by atoms with Crippen LogP contribution in [-0.2, 0) is 4.74 Å². The van der Waals surface area contributed by atoms with E-state index in [0.29, 0.717) is 42.6 Å². The molecule has 1 saturated heterocycles. The second kappa shape index (κ2) is 6.44. The van der Waals surface area contributed by atoms with Crippen LogP contribution >= 0.6 is 11.6 Å². The highest BCUT2D eigenvalue weighted by Gasteiger charge is 2.18. The second-order valence-corrected chi connectivity index (χ2v) is 4.64. The molecule has 1 aromatic carbocycles. The summed E-state index contributed by atoms with van der Waals surface area (Å²) in [6.07, 6.45) is 0. The van der Waals surface area contributed by atoms with Crippen LogP contribution in [-0.4, -0.2) is 48.3 Å². The third-order valence-electron chi connectivity index (χ3n) is 2.91. The molecule has 20 heavy (non-hydrogen) atoms. The summed E-state index contributed by atoms with van der Waals surface area (Å²) in [5, 5.41) is 14.8. The van der Waals surface area contributed by atoms with Crippen molar-refractivity contribution >= 4 is 29.2 Å². The molecule has 0 unspecified atom stereocenters. The van der Waals surface area contributed by atoms with Crippen LogP contribution in [0, 0.1) is 0 Å². The summed E-state index contributed by atoms with van der Waals surface area (Å²) in [6, 6.07) is 4.45. The summed E-state index contributed by atoms with van der Waals surface area (Å²) in [4.78, 5) is 13.7. The first-order chi connectivity index (χ1) is 9.61. The molecule has 0 radical (unpaired) electrons. The van der Waals surface area contributed by atoms with Gasteiger partial charge in [-0.05, 0) is 18.2 Å². The molecule has 108 valence electrons. The Morgan fingerprint density at radius 1 is 1.45 bits per heavy atom. The average Bonchev–Trinajstić information content (AvgIpc) is 2.47. The van der Waals surface area contributed by atoms with Crippen LogP contribution < -0.4 is 11.1 Å². The number of anilines is 1. The van der Waals surface area contributed by atoms with E-state index < -0.39 is 0 Å². The first kappa shape index (κ1) is 14.4. The number of urea groups is 1. The number of amides is 2. The first-order valence-electron chi connectivity index (χ1n) is 6.03. The van der Waals surface area contributed by atoms with Gasteiger partial charge >= 0.3 is 6.03 Å². The summed E-state index contributed by atoms with van der Waals surface area (Å²) < 4.78 is 5.18. The monoisotopic (exact) mass is 298 g/mol. The molecule has 8 heteroatoms. The molecule has 0 aliphatic carbocycles. The fraction of sp³-hybridized carbons (Fsp3) is 0.333. The van der Waals surface area contributed by atoms with Gasteiger partial charge in [0.1, 0.15) is 0 Å². The van der Waals surface area contributed by atoms with Crippen molar-refractivity contribution in [2.45, 2.75) is 0 Å². The number of amidine groups is 1. The Morgan fingerprint density at radius 2 is 2.15 bits per heavy atom. The molecule has 1 aliphatic heterocycles. The Balaban J connectivity index is 2.19. The molecular weight excluding hydrogens is 284 g/mol. The third-order valence-corrected chi connectivity index (χ3v) is 3.14. The van der Waals surface area contributed by atoms with Gasteiger partial charge in [0.15, 0.2) is 5.84 Å². The minimum Gasteiger partial charge on any atom is -0.409 e. The van der Waals surface area contributed by atoms with E-state index in [2.05, 4.69) is 10.5 Å². The molecule has 0 bridgehead atoms. The van der Waals surface area contributed by atoms with Crippen LogP contribution in [0.3, 0.4) is 0 Å². The number of nitrogens with one attached hydrogen (secondary N) is 1. The van der Waals surface area contributed by atoms with Gasteiger partial charge in [0.25, 0.3) is 0 Å². The second-order valence-electron chi connectivity index (χ2n) is 4.20. The molecule has 0 aromatic heterocycles. The van der Waals surface area contributed by atoms with Crippen LogP contribution in [0.5, 0.6) is 0 Å². The molecule has 0 atom stereocenters. The van der Waals surface area contributed by atoms with E-state index in [1.165, 1.54) is 0 Å². The molecule has 1 heterocycles. The Hall–Kier alpha value is -1.99. The molecule has 1 aliphatic rings. The van der Waals surface area contributed by atoms with Crippen LogP contribution in [0.4, 0.5) is 10.5 Å². The lowest BCUT2D eigenvalue weighted by Crippen LogP contribution is -2.43. The Kier molecular flexibility index (Phi) is 4.65. The highest BCUT2D eigenvalue weighted by molar-refractivity contribution is 6.31. The van der Waals surface area contributed by atoms with Crippen molar-refractivity contribution in [3.05, 3.63) is 28.8 Å². The fourth-order valence-electron chi connectivity index (χ4n) is 1.86. The number of oxime groups is 1. The summed E-state index contributed by atoms with van der Waals surface area (Å²) in [5.74, 6) is -0.0982. The van der Waals surface area contributed by atoms with Crippen molar-refractivity contribution < 1.29 is 14.7 Å². The topological polar surface area (TPSA) is 100 Å². The Morgan fingerprint density at radius 3 is 2.80 bits per heavy atom. The molecule has 1 fully saturated rings. The molecule has 0 saturated carbocycles. The van der Waals surface area contributed by atoms with E-state index >= 15 is 0 Å². The van der Waals surface area contributed by atoms with Crippen molar-refractivity contribution in [1.82, 2.24) is 4.90 Å². The first-order valence-corrected chi connectivity index (χ1v) is 6.40. The number of halogens is 1. The maximum absolute atomic E-state index is 12.1. The van der Waals surface area contributed by atoms with Gasteiger partial charge in [0.2, 0.25) is 0 Å². The number of nitrogens with two attached hydrogens (primary N) is 1. The molecule has 7 nitrogen and oxygen atoms in total. The lowest BCUT2D eigenvalue weighted by atomic mass is 10.1. The third kappa shape index (κ3) is 3.31. The number of hydrogen-bond acceptors (Lipinski definition) is 4. The van der Waals surface area contributed by atoms with Gasteiger partial charge in [0, 0.05) is 23.7 Å². The lowest BCUT2D eigenvalue weighted by Gasteiger charge is -2.27. The number of carbonyl (C=O) groups excluding carboxylic acids is 1. The summed E-state index contributed by atoms with van der Waals surface area (Å²) in [6.45, 7) is 2.06. The van der Waals surface area contributed by atoms with Gasteiger partial charge in [-0.1, -0.05) is 16.8 Å². The molecule has 4 N–H and O–H groups in total. The summed E-state index contributed by atoms with van der Waals surface area (Å²) >= 11 is 5.91. The maximum Gasteiger partial charge on any atom is 0.322 e. The standard InChI is InChI=1S/C12H15ClN4O3/c13-8-1-2-9(11(14)16-19)10(7-8)15-12(18)17-3-5-20-6-4-17/h1-2,7,19H,3-6H2,(H2,14,16)(H,15,18). The summed E-state index contributed by atoms with van der Waals surface area (Å²) in [7, 11) is 0. The molecule has 2 amide bonds. The highest BCUT2D eigenvalue weighted by Crippen LogP contribution is 2.21. The van der Waals surface area contributed by atoms with Crippen LogP contribution in [0.2, 0.25) is 5.02 Å². The van der Waals surface area contributed by atoms with Crippen LogP contribution in [0.25, 0.3) is 0 Å². The van der Waals surface area contributed by atoms with E-state index in [9.17, 15) is 4.79 Å². The SMILES string of the molecule is NC(=NO)c1ccc(Cl)cc1NC(=O)N1CCOCC1. The number of benzene rings is 1. The van der Waals surface area contributed by atoms with E-state index in [-0.39, 0.29) is 11.9 Å². The normalized spacial score (nSPS) is 16.1. The highest BCUT2D eigenvalue weighted by atomic mass is 35.5. The molecule has 1 aromatic rings. The average molecular weight is 299 g/mol. The lowest BCUT2D eigenvalue weighted by molar-refractivity contribution is 0.0564. The van der Waals surface area contributed by atoms with Crippen molar-refractivity contribution in [2.75, 3.05) is 31.6 Å². The molecule has 2 rings (SSSR count). The van der Waals surface area contributed by atoms with Crippen molar-refractivity contribution in [1.29, 1.82) is 0 Å². The smallest absolute Gasteiger partial charge is 0.322 e. The number of rotatable bonds is 2. The van der Waals surface area contributed by atoms with Gasteiger partial charge in [0.05, 0.1) is 18.9 Å². The van der Waals surface area contributed by atoms with E-state index in [1.54, 1.807) is 23.1 Å². The largest absolute Gasteiger partial charge is 0.409 e. The van der Waals surface area contributed by atoms with Gasteiger partial charge in [-0.3, -0.25) is 0 Å². The van der Waals surface area contributed by atoms with Gasteiger partial charge < -0.3 is 25.9 Å². The number of nitrogens with zero attached hydrogens (tertiary/aromatic N) is 2. The van der Waals surface area contributed by atoms with Crippen molar-refractivity contribution in [3.8, 4) is 0 Å². The summed E-state index contributed by atoms with van der Waals surface area (Å²) in [5.41, 5.74) is 6.37. The van der Waals surface area contributed by atoms with E-state index in [1.807, 2.05) is 0 Å². The molecule has 0 spiro atoms. The Labute approximate surface area is 120 Å². The van der Waals surface area contributed by atoms with Gasteiger partial charge in [-0.25, -0.2) is 4.79 Å². The maximum atomic E-state index is 12.1. The van der Waals surface area contributed by atoms with E-state index in [4.69, 9.17) is 27.3 Å². The minimum absolute atomic E-state index is 0.0982. The van der Waals surface area contributed by atoms with Crippen LogP contribution in [0.15, 0.2) is 23.4 Å². The predicted octanol–water partition coefficient (Wildman–Crippen LogP) is 1.30. The zero-order valence-corrected chi connectivity index (χ0v) is 11.4. The van der Waals surface area contributed by atoms with Crippen molar-refractivity contribution in [2.24, 2.45) is 10.9 Å². The van der Waals surface area contributed by atoms with Crippen LogP contribution in [0.1, 0.15) is 5.56 Å². The fourth-order valence-corrected chi connectivity index (χ4v) is 2.03. The number of hydrogen-bond donors (Lipinski definition) is 3. The minimum atomic E-state index is -0.275. The van der Waals surface area contributed by atoms with Gasteiger partial charge in [-0.15, -0.1) is 0 Å². The van der Waals surface area contributed by atoms with Gasteiger partial charge in [-0.2, -0.15) is 0 Å².